The molecule has 0 amide bonds. The van der Waals surface area contributed by atoms with Crippen molar-refractivity contribution in [3.8, 4) is 23.0 Å². The zero-order valence-electron chi connectivity index (χ0n) is 17.4. The molecule has 3 N–H and O–H groups in total. The number of nitrogens with one attached hydrogen (secondary N) is 3. The third-order valence-electron chi connectivity index (χ3n) is 5.18. The van der Waals surface area contributed by atoms with E-state index in [-0.39, 0.29) is 5.56 Å². The monoisotopic (exact) mass is 427 g/mol. The fourth-order valence-corrected chi connectivity index (χ4v) is 3.50. The molecule has 0 fully saturated rings. The molecule has 0 aliphatic carbocycles. The SMILES string of the molecule is COc1ccc(-c2[nH]n(-c3nc4ccccc4[nH]3)c(=O)c2C=NCCc2cnc[nH]2)cc1. The molecule has 0 aliphatic rings. The van der Waals surface area contributed by atoms with E-state index in [1.807, 2.05) is 48.5 Å². The first-order valence-corrected chi connectivity index (χ1v) is 10.1. The number of H-pyrrole nitrogens is 3. The van der Waals surface area contributed by atoms with Crippen molar-refractivity contribution in [2.75, 3.05) is 13.7 Å². The van der Waals surface area contributed by atoms with Crippen LogP contribution < -0.4 is 10.3 Å². The third kappa shape index (κ3) is 3.71. The van der Waals surface area contributed by atoms with Crippen LogP contribution in [-0.4, -0.2) is 49.6 Å². The zero-order chi connectivity index (χ0) is 21.9. The van der Waals surface area contributed by atoms with Gasteiger partial charge in [-0.25, -0.2) is 9.97 Å². The van der Waals surface area contributed by atoms with Crippen LogP contribution in [0.15, 0.2) is 70.8 Å². The summed E-state index contributed by atoms with van der Waals surface area (Å²) >= 11 is 0. The minimum atomic E-state index is -0.236. The number of benzene rings is 2. The first-order valence-electron chi connectivity index (χ1n) is 10.1. The Bertz CT molecular complexity index is 1390. The fraction of sp³-hybridized carbons (Fsp3) is 0.130. The van der Waals surface area contributed by atoms with E-state index in [4.69, 9.17) is 4.74 Å². The summed E-state index contributed by atoms with van der Waals surface area (Å²) in [5, 5.41) is 3.20. The zero-order valence-corrected chi connectivity index (χ0v) is 17.4. The number of ether oxygens (including phenoxy) is 1. The number of aromatic amines is 3. The fourth-order valence-electron chi connectivity index (χ4n) is 3.50. The molecule has 5 aromatic rings. The number of fused-ring (bicyclic) bond motifs is 1. The van der Waals surface area contributed by atoms with Crippen LogP contribution in [0.3, 0.4) is 0 Å². The van der Waals surface area contributed by atoms with Gasteiger partial charge >= 0.3 is 0 Å². The van der Waals surface area contributed by atoms with Gasteiger partial charge in [-0.2, -0.15) is 4.68 Å². The summed E-state index contributed by atoms with van der Waals surface area (Å²) in [5.74, 6) is 1.16. The molecule has 160 valence electrons. The van der Waals surface area contributed by atoms with Crippen molar-refractivity contribution < 1.29 is 4.74 Å². The van der Waals surface area contributed by atoms with Crippen molar-refractivity contribution in [2.45, 2.75) is 6.42 Å². The predicted molar refractivity (Wildman–Crippen MR) is 123 cm³/mol. The average Bonchev–Trinajstić information content (AvgIpc) is 3.56. The third-order valence-corrected chi connectivity index (χ3v) is 5.18. The maximum Gasteiger partial charge on any atom is 0.283 e. The van der Waals surface area contributed by atoms with Gasteiger partial charge in [-0.1, -0.05) is 12.1 Å². The number of aliphatic imine (C=N–C) groups is 1. The maximum atomic E-state index is 13.3. The van der Waals surface area contributed by atoms with Gasteiger partial charge in [0.05, 0.1) is 35.7 Å². The van der Waals surface area contributed by atoms with E-state index in [9.17, 15) is 4.79 Å². The molecule has 0 saturated heterocycles. The number of methoxy groups -OCH3 is 1. The van der Waals surface area contributed by atoms with Crippen LogP contribution in [0.2, 0.25) is 0 Å². The highest BCUT2D eigenvalue weighted by Crippen LogP contribution is 2.23. The molecular weight excluding hydrogens is 406 g/mol. The van der Waals surface area contributed by atoms with Crippen LogP contribution in [0.5, 0.6) is 5.75 Å². The van der Waals surface area contributed by atoms with Crippen molar-refractivity contribution in [3.63, 3.8) is 0 Å². The van der Waals surface area contributed by atoms with Crippen LogP contribution in [0.1, 0.15) is 11.3 Å². The lowest BCUT2D eigenvalue weighted by Gasteiger charge is -2.03. The van der Waals surface area contributed by atoms with Crippen LogP contribution >= 0.6 is 0 Å². The van der Waals surface area contributed by atoms with Crippen molar-refractivity contribution in [3.05, 3.63) is 82.7 Å². The van der Waals surface area contributed by atoms with Gasteiger partial charge in [0, 0.05) is 36.6 Å². The molecule has 32 heavy (non-hydrogen) atoms. The number of nitrogens with zero attached hydrogens (tertiary/aromatic N) is 4. The molecule has 5 rings (SSSR count). The Kier molecular flexibility index (Phi) is 5.12. The summed E-state index contributed by atoms with van der Waals surface area (Å²) in [4.78, 5) is 32.6. The van der Waals surface area contributed by atoms with Crippen molar-refractivity contribution in [2.24, 2.45) is 4.99 Å². The molecule has 9 nitrogen and oxygen atoms in total. The summed E-state index contributed by atoms with van der Waals surface area (Å²) in [7, 11) is 1.62. The van der Waals surface area contributed by atoms with Gasteiger partial charge in [-0.3, -0.25) is 14.9 Å². The van der Waals surface area contributed by atoms with Gasteiger partial charge in [0.25, 0.3) is 5.56 Å². The highest BCUT2D eigenvalue weighted by Gasteiger charge is 2.17. The normalized spacial score (nSPS) is 11.5. The summed E-state index contributed by atoms with van der Waals surface area (Å²) in [5.41, 5.74) is 4.34. The van der Waals surface area contributed by atoms with E-state index in [1.165, 1.54) is 4.68 Å². The van der Waals surface area contributed by atoms with Gasteiger partial charge in [-0.05, 0) is 36.4 Å². The van der Waals surface area contributed by atoms with Gasteiger partial charge in [-0.15, -0.1) is 0 Å². The highest BCUT2D eigenvalue weighted by molar-refractivity contribution is 5.88. The lowest BCUT2D eigenvalue weighted by molar-refractivity contribution is 0.415. The number of imidazole rings is 2. The molecule has 0 radical (unpaired) electrons. The minimum Gasteiger partial charge on any atom is -0.497 e. The number of para-hydroxylation sites is 2. The van der Waals surface area contributed by atoms with Crippen molar-refractivity contribution in [1.29, 1.82) is 0 Å². The standard InChI is InChI=1S/C23H21N7O2/c1-32-17-8-6-15(7-9-17)21-18(13-24-11-10-16-12-25-14-26-16)22(31)30(29-21)23-27-19-4-2-3-5-20(19)28-23/h2-9,12-14,29H,10-11H2,1H3,(H,25,26)(H,27,28). The maximum absolute atomic E-state index is 13.3. The first-order chi connectivity index (χ1) is 15.7. The largest absolute Gasteiger partial charge is 0.497 e. The molecule has 0 aliphatic heterocycles. The van der Waals surface area contributed by atoms with E-state index in [0.717, 1.165) is 28.0 Å². The Labute approximate surface area is 182 Å². The Balaban J connectivity index is 1.55. The van der Waals surface area contributed by atoms with Gasteiger partial charge in [0.1, 0.15) is 5.75 Å². The lowest BCUT2D eigenvalue weighted by atomic mass is 10.1. The molecule has 2 aromatic carbocycles. The van der Waals surface area contributed by atoms with Crippen LogP contribution in [0.25, 0.3) is 28.2 Å². The Morgan fingerprint density at radius 1 is 1.16 bits per heavy atom. The van der Waals surface area contributed by atoms with E-state index in [2.05, 4.69) is 30.0 Å². The van der Waals surface area contributed by atoms with Gasteiger partial charge in [0.2, 0.25) is 5.95 Å². The van der Waals surface area contributed by atoms with E-state index < -0.39 is 0 Å². The average molecular weight is 427 g/mol. The predicted octanol–water partition coefficient (Wildman–Crippen LogP) is 3.10. The highest BCUT2D eigenvalue weighted by atomic mass is 16.5. The quantitative estimate of drug-likeness (QED) is 0.346. The molecule has 0 bridgehead atoms. The second kappa shape index (κ2) is 8.38. The molecule has 0 spiro atoms. The van der Waals surface area contributed by atoms with E-state index in [1.54, 1.807) is 25.8 Å². The number of aromatic nitrogens is 6. The van der Waals surface area contributed by atoms with Crippen LogP contribution in [0.4, 0.5) is 0 Å². The summed E-state index contributed by atoms with van der Waals surface area (Å²) in [6.45, 7) is 0.527. The van der Waals surface area contributed by atoms with E-state index in [0.29, 0.717) is 30.2 Å². The smallest absolute Gasteiger partial charge is 0.283 e. The Hall–Kier alpha value is -4.40. The molecule has 9 heteroatoms. The summed E-state index contributed by atoms with van der Waals surface area (Å²) < 4.78 is 6.67. The van der Waals surface area contributed by atoms with Crippen LogP contribution in [-0.2, 0) is 6.42 Å². The van der Waals surface area contributed by atoms with Crippen LogP contribution in [0, 0.1) is 0 Å². The summed E-state index contributed by atoms with van der Waals surface area (Å²) in [6, 6.07) is 15.1. The minimum absolute atomic E-state index is 0.236. The topological polar surface area (TPSA) is 117 Å². The Morgan fingerprint density at radius 3 is 2.75 bits per heavy atom. The molecular formula is C23H21N7O2. The van der Waals surface area contributed by atoms with E-state index >= 15 is 0 Å². The van der Waals surface area contributed by atoms with Gasteiger partial charge in [0.15, 0.2) is 0 Å². The Morgan fingerprint density at radius 2 is 2.00 bits per heavy atom. The lowest BCUT2D eigenvalue weighted by Crippen LogP contribution is -2.18. The molecule has 3 aromatic heterocycles. The van der Waals surface area contributed by atoms with Gasteiger partial charge < -0.3 is 14.7 Å². The molecule has 0 atom stereocenters. The summed E-state index contributed by atoms with van der Waals surface area (Å²) in [6.07, 6.45) is 5.73. The number of hydrogen-bond donors (Lipinski definition) is 3. The van der Waals surface area contributed by atoms with Crippen molar-refractivity contribution >= 4 is 17.2 Å². The molecule has 0 unspecified atom stereocenters. The van der Waals surface area contributed by atoms with Crippen molar-refractivity contribution in [1.82, 2.24) is 29.7 Å². The number of rotatable bonds is 7. The molecule has 0 saturated carbocycles. The molecule has 3 heterocycles. The second-order valence-electron chi connectivity index (χ2n) is 7.21. The number of hydrogen-bond acceptors (Lipinski definition) is 5. The second-order valence-corrected chi connectivity index (χ2v) is 7.21. The first kappa shape index (κ1) is 19.6.